The standard InChI is InChI=1S/C18H19N3O3/c1-21-17(22)9-12-8-15(23-2)16(24-3)10-14(12)18(20-21)11-4-6-13(19)7-5-11/h4-8,10H,9,19H2,1-3H3. The van der Waals surface area contributed by atoms with Crippen LogP contribution in [0.25, 0.3) is 0 Å². The van der Waals surface area contributed by atoms with Crippen molar-refractivity contribution in [2.75, 3.05) is 27.0 Å². The van der Waals surface area contributed by atoms with Crippen LogP contribution in [-0.2, 0) is 11.2 Å². The van der Waals surface area contributed by atoms with E-state index >= 15 is 0 Å². The molecule has 0 saturated carbocycles. The lowest BCUT2D eigenvalue weighted by molar-refractivity contribution is -0.129. The van der Waals surface area contributed by atoms with E-state index in [1.165, 1.54) is 5.01 Å². The minimum absolute atomic E-state index is 0.0890. The Morgan fingerprint density at radius 1 is 1.08 bits per heavy atom. The second-order valence-electron chi connectivity index (χ2n) is 5.53. The molecule has 0 atom stereocenters. The van der Waals surface area contributed by atoms with Crippen molar-refractivity contribution >= 4 is 17.3 Å². The summed E-state index contributed by atoms with van der Waals surface area (Å²) in [5.41, 5.74) is 9.70. The molecule has 0 radical (unpaired) electrons. The van der Waals surface area contributed by atoms with E-state index in [-0.39, 0.29) is 12.3 Å². The molecule has 0 fully saturated rings. The van der Waals surface area contributed by atoms with Crippen LogP contribution in [0.5, 0.6) is 11.5 Å². The molecular formula is C18H19N3O3. The molecule has 0 unspecified atom stereocenters. The Balaban J connectivity index is 2.23. The zero-order chi connectivity index (χ0) is 17.3. The maximum absolute atomic E-state index is 12.3. The van der Waals surface area contributed by atoms with E-state index in [0.29, 0.717) is 22.9 Å². The molecule has 0 saturated heterocycles. The number of nitrogens with two attached hydrogens (primary N) is 1. The Labute approximate surface area is 140 Å². The number of fused-ring (bicyclic) bond motifs is 1. The number of amides is 1. The van der Waals surface area contributed by atoms with E-state index in [9.17, 15) is 4.79 Å². The van der Waals surface area contributed by atoms with E-state index in [4.69, 9.17) is 15.2 Å². The van der Waals surface area contributed by atoms with Gasteiger partial charge in [0, 0.05) is 23.9 Å². The van der Waals surface area contributed by atoms with E-state index < -0.39 is 0 Å². The van der Waals surface area contributed by atoms with Gasteiger partial charge in [-0.25, -0.2) is 5.01 Å². The van der Waals surface area contributed by atoms with Crippen LogP contribution in [0, 0.1) is 0 Å². The molecule has 6 heteroatoms. The van der Waals surface area contributed by atoms with Crippen LogP contribution in [0.2, 0.25) is 0 Å². The summed E-state index contributed by atoms with van der Waals surface area (Å²) in [5, 5.41) is 5.86. The Kier molecular flexibility index (Phi) is 4.12. The van der Waals surface area contributed by atoms with Gasteiger partial charge in [-0.05, 0) is 29.8 Å². The van der Waals surface area contributed by atoms with Gasteiger partial charge in [0.25, 0.3) is 0 Å². The second kappa shape index (κ2) is 6.23. The van der Waals surface area contributed by atoms with Crippen LogP contribution >= 0.6 is 0 Å². The first-order chi connectivity index (χ1) is 11.5. The van der Waals surface area contributed by atoms with Gasteiger partial charge in [0.15, 0.2) is 11.5 Å². The molecule has 0 spiro atoms. The van der Waals surface area contributed by atoms with Gasteiger partial charge in [0.2, 0.25) is 5.91 Å². The van der Waals surface area contributed by atoms with Crippen LogP contribution in [0.1, 0.15) is 16.7 Å². The average Bonchev–Trinajstić information content (AvgIpc) is 2.71. The number of benzene rings is 2. The fourth-order valence-electron chi connectivity index (χ4n) is 2.68. The van der Waals surface area contributed by atoms with E-state index in [1.807, 2.05) is 36.4 Å². The number of nitrogen functional groups attached to an aromatic ring is 1. The van der Waals surface area contributed by atoms with Crippen LogP contribution in [0.15, 0.2) is 41.5 Å². The Morgan fingerprint density at radius 3 is 2.33 bits per heavy atom. The molecule has 2 aromatic carbocycles. The molecule has 1 amide bonds. The lowest BCUT2D eigenvalue weighted by Crippen LogP contribution is -2.22. The highest BCUT2D eigenvalue weighted by Gasteiger charge is 2.24. The monoisotopic (exact) mass is 325 g/mol. The number of methoxy groups -OCH3 is 2. The molecule has 2 N–H and O–H groups in total. The molecular weight excluding hydrogens is 306 g/mol. The number of anilines is 1. The van der Waals surface area contributed by atoms with Gasteiger partial charge >= 0.3 is 0 Å². The smallest absolute Gasteiger partial charge is 0.246 e. The zero-order valence-electron chi connectivity index (χ0n) is 13.9. The van der Waals surface area contributed by atoms with Crippen molar-refractivity contribution in [1.29, 1.82) is 0 Å². The third-order valence-corrected chi connectivity index (χ3v) is 4.00. The summed E-state index contributed by atoms with van der Waals surface area (Å²) >= 11 is 0. The van der Waals surface area contributed by atoms with Gasteiger partial charge < -0.3 is 15.2 Å². The van der Waals surface area contributed by atoms with E-state index in [2.05, 4.69) is 5.10 Å². The van der Waals surface area contributed by atoms with Crippen LogP contribution in [0.3, 0.4) is 0 Å². The first kappa shape index (κ1) is 15.9. The maximum Gasteiger partial charge on any atom is 0.246 e. The summed E-state index contributed by atoms with van der Waals surface area (Å²) < 4.78 is 10.8. The number of rotatable bonds is 3. The fraction of sp³-hybridized carbons (Fsp3) is 0.222. The Bertz CT molecular complexity index is 813. The highest BCUT2D eigenvalue weighted by atomic mass is 16.5. The van der Waals surface area contributed by atoms with Crippen LogP contribution in [-0.4, -0.2) is 37.9 Å². The predicted molar refractivity (Wildman–Crippen MR) is 92.5 cm³/mol. The minimum Gasteiger partial charge on any atom is -0.493 e. The molecule has 24 heavy (non-hydrogen) atoms. The number of likely N-dealkylation sites (N-methyl/N-ethyl adjacent to an activating group) is 1. The topological polar surface area (TPSA) is 77.2 Å². The number of ether oxygens (including phenoxy) is 2. The SMILES string of the molecule is COc1cc2c(cc1OC)C(c1ccc(N)cc1)=NN(C)C(=O)C2. The number of hydrazone groups is 1. The van der Waals surface area contributed by atoms with Crippen molar-refractivity contribution < 1.29 is 14.3 Å². The predicted octanol–water partition coefficient (Wildman–Crippen LogP) is 2.05. The third-order valence-electron chi connectivity index (χ3n) is 4.00. The number of carbonyl (C=O) groups is 1. The molecule has 0 bridgehead atoms. The summed E-state index contributed by atoms with van der Waals surface area (Å²) in [7, 11) is 4.81. The van der Waals surface area contributed by atoms with E-state index in [0.717, 1.165) is 16.7 Å². The zero-order valence-corrected chi connectivity index (χ0v) is 13.9. The lowest BCUT2D eigenvalue weighted by atomic mass is 9.95. The number of hydrogen-bond donors (Lipinski definition) is 1. The van der Waals surface area contributed by atoms with E-state index in [1.54, 1.807) is 21.3 Å². The van der Waals surface area contributed by atoms with Crippen molar-refractivity contribution in [3.63, 3.8) is 0 Å². The molecule has 0 aliphatic carbocycles. The molecule has 3 rings (SSSR count). The summed E-state index contributed by atoms with van der Waals surface area (Å²) in [6.45, 7) is 0. The molecule has 1 heterocycles. The minimum atomic E-state index is -0.0890. The van der Waals surface area contributed by atoms with Crippen molar-refractivity contribution in [3.8, 4) is 11.5 Å². The first-order valence-corrected chi connectivity index (χ1v) is 7.50. The summed E-state index contributed by atoms with van der Waals surface area (Å²) in [6, 6.07) is 11.1. The Hall–Kier alpha value is -3.02. The summed E-state index contributed by atoms with van der Waals surface area (Å²) in [4.78, 5) is 12.3. The largest absolute Gasteiger partial charge is 0.493 e. The second-order valence-corrected chi connectivity index (χ2v) is 5.53. The lowest BCUT2D eigenvalue weighted by Gasteiger charge is -2.14. The number of hydrogen-bond acceptors (Lipinski definition) is 5. The van der Waals surface area contributed by atoms with Crippen molar-refractivity contribution in [1.82, 2.24) is 5.01 Å². The molecule has 124 valence electrons. The van der Waals surface area contributed by atoms with Crippen molar-refractivity contribution in [3.05, 3.63) is 53.1 Å². The van der Waals surface area contributed by atoms with Gasteiger partial charge in [-0.2, -0.15) is 5.10 Å². The molecule has 1 aliphatic heterocycles. The highest BCUT2D eigenvalue weighted by molar-refractivity contribution is 6.15. The molecule has 1 aliphatic rings. The van der Waals surface area contributed by atoms with Gasteiger partial charge in [-0.3, -0.25) is 4.79 Å². The third kappa shape index (κ3) is 2.78. The Morgan fingerprint density at radius 2 is 1.71 bits per heavy atom. The first-order valence-electron chi connectivity index (χ1n) is 7.50. The molecule has 6 nitrogen and oxygen atoms in total. The quantitative estimate of drug-likeness (QED) is 0.876. The highest BCUT2D eigenvalue weighted by Crippen LogP contribution is 2.33. The molecule has 2 aromatic rings. The fourth-order valence-corrected chi connectivity index (χ4v) is 2.68. The van der Waals surface area contributed by atoms with Crippen molar-refractivity contribution in [2.24, 2.45) is 5.10 Å². The van der Waals surface area contributed by atoms with Crippen molar-refractivity contribution in [2.45, 2.75) is 6.42 Å². The van der Waals surface area contributed by atoms with Gasteiger partial charge in [0.05, 0.1) is 26.4 Å². The average molecular weight is 325 g/mol. The summed E-state index contributed by atoms with van der Waals surface area (Å²) in [5.74, 6) is 1.09. The summed E-state index contributed by atoms with van der Waals surface area (Å²) in [6.07, 6.45) is 0.244. The van der Waals surface area contributed by atoms with Gasteiger partial charge in [-0.15, -0.1) is 0 Å². The maximum atomic E-state index is 12.3. The van der Waals surface area contributed by atoms with Gasteiger partial charge in [-0.1, -0.05) is 12.1 Å². The molecule has 0 aromatic heterocycles. The van der Waals surface area contributed by atoms with Crippen LogP contribution < -0.4 is 15.2 Å². The number of carbonyl (C=O) groups excluding carboxylic acids is 1. The van der Waals surface area contributed by atoms with Crippen LogP contribution in [0.4, 0.5) is 5.69 Å². The number of nitrogens with zero attached hydrogens (tertiary/aromatic N) is 2. The normalized spacial score (nSPS) is 13.9. The van der Waals surface area contributed by atoms with Gasteiger partial charge in [0.1, 0.15) is 0 Å².